The maximum Gasteiger partial charge on any atom is 0.328 e. The fraction of sp³-hybridized carbons (Fsp3) is 0.222. The number of hydrogen-bond donors (Lipinski definition) is 3. The molecule has 0 aromatic carbocycles. The lowest BCUT2D eigenvalue weighted by molar-refractivity contribution is -0.140. The summed E-state index contributed by atoms with van der Waals surface area (Å²) in [4.78, 5) is 25.9. The first-order valence-corrected chi connectivity index (χ1v) is 4.60. The summed E-state index contributed by atoms with van der Waals surface area (Å²) in [6, 6.07) is 0.284. The number of nitrogens with one attached hydrogen (secondary N) is 1. The zero-order valence-electron chi connectivity index (χ0n) is 8.67. The molecule has 1 aromatic rings. The van der Waals surface area contributed by atoms with E-state index < -0.39 is 24.5 Å². The van der Waals surface area contributed by atoms with Crippen LogP contribution in [0.5, 0.6) is 0 Å². The lowest BCUT2D eigenvalue weighted by Crippen LogP contribution is -2.43. The smallest absolute Gasteiger partial charge is 0.328 e. The van der Waals surface area contributed by atoms with Crippen molar-refractivity contribution in [3.63, 3.8) is 0 Å². The fourth-order valence-corrected chi connectivity index (χ4v) is 1.11. The van der Waals surface area contributed by atoms with Gasteiger partial charge in [0.2, 0.25) is 0 Å². The van der Waals surface area contributed by atoms with Gasteiger partial charge in [-0.1, -0.05) is 11.5 Å². The molecule has 3 N–H and O–H groups in total. The molecule has 16 heavy (non-hydrogen) atoms. The van der Waals surface area contributed by atoms with Gasteiger partial charge in [-0.15, -0.1) is 0 Å². The summed E-state index contributed by atoms with van der Waals surface area (Å²) in [6.07, 6.45) is 2.91. The summed E-state index contributed by atoms with van der Waals surface area (Å²) >= 11 is 0. The van der Waals surface area contributed by atoms with E-state index in [0.717, 1.165) is 5.46 Å². The molecule has 0 fully saturated rings. The number of carboxylic acids is 1. The van der Waals surface area contributed by atoms with Gasteiger partial charge in [-0.05, 0) is 0 Å². The van der Waals surface area contributed by atoms with E-state index in [1.165, 1.54) is 6.20 Å². The minimum atomic E-state index is -1.30. The van der Waals surface area contributed by atoms with Gasteiger partial charge in [0.25, 0.3) is 5.91 Å². The maximum atomic E-state index is 11.5. The number of carbonyl (C=O) groups excluding carboxylic acids is 1. The molecule has 0 aliphatic rings. The molecule has 1 amide bonds. The molecule has 0 spiro atoms. The van der Waals surface area contributed by atoms with Crippen molar-refractivity contribution in [2.24, 2.45) is 0 Å². The van der Waals surface area contributed by atoms with Gasteiger partial charge in [-0.25, -0.2) is 4.79 Å². The molecular formula is C9H11BN2O4. The molecule has 7 heteroatoms. The van der Waals surface area contributed by atoms with Crippen molar-refractivity contribution in [2.75, 3.05) is 6.61 Å². The van der Waals surface area contributed by atoms with Crippen molar-refractivity contribution in [3.8, 4) is 0 Å². The topological polar surface area (TPSA) is 99.5 Å². The summed E-state index contributed by atoms with van der Waals surface area (Å²) < 4.78 is 0. The third-order valence-corrected chi connectivity index (χ3v) is 1.92. The molecular weight excluding hydrogens is 211 g/mol. The Hall–Kier alpha value is -1.89. The van der Waals surface area contributed by atoms with Gasteiger partial charge in [-0.2, -0.15) is 0 Å². The monoisotopic (exact) mass is 222 g/mol. The van der Waals surface area contributed by atoms with Crippen LogP contribution in [0, 0.1) is 0 Å². The Bertz CT molecular complexity index is 410. The second-order valence-electron chi connectivity index (χ2n) is 3.30. The van der Waals surface area contributed by atoms with Gasteiger partial charge in [0.05, 0.1) is 12.2 Å². The Morgan fingerprint density at radius 2 is 2.19 bits per heavy atom. The zero-order chi connectivity index (χ0) is 12.1. The predicted molar refractivity (Wildman–Crippen MR) is 58.4 cm³/mol. The Kier molecular flexibility index (Phi) is 4.01. The van der Waals surface area contributed by atoms with Crippen molar-refractivity contribution in [1.82, 2.24) is 10.3 Å². The summed E-state index contributed by atoms with van der Waals surface area (Å²) in [5.41, 5.74) is 1.06. The Morgan fingerprint density at radius 1 is 1.50 bits per heavy atom. The average Bonchev–Trinajstić information content (AvgIpc) is 2.25. The molecule has 0 aliphatic heterocycles. The zero-order valence-corrected chi connectivity index (χ0v) is 8.67. The van der Waals surface area contributed by atoms with Crippen LogP contribution < -0.4 is 10.8 Å². The average molecular weight is 222 g/mol. The number of aliphatic hydroxyl groups is 1. The van der Waals surface area contributed by atoms with E-state index >= 15 is 0 Å². The minimum Gasteiger partial charge on any atom is -0.480 e. The molecule has 0 saturated heterocycles. The Balaban J connectivity index is 2.75. The number of aliphatic carboxylic acids is 1. The second kappa shape index (κ2) is 5.27. The summed E-state index contributed by atoms with van der Waals surface area (Å²) in [5.74, 6) is -1.85. The van der Waals surface area contributed by atoms with Crippen LogP contribution in [0.4, 0.5) is 0 Å². The van der Waals surface area contributed by atoms with Crippen molar-refractivity contribution in [1.29, 1.82) is 0 Å². The molecule has 0 aliphatic carbocycles. The third kappa shape index (κ3) is 3.06. The number of aromatic nitrogens is 1. The lowest BCUT2D eigenvalue weighted by atomic mass is 9.97. The van der Waals surface area contributed by atoms with Crippen LogP contribution in [-0.4, -0.2) is 47.6 Å². The van der Waals surface area contributed by atoms with E-state index in [1.54, 1.807) is 20.1 Å². The quantitative estimate of drug-likeness (QED) is 0.489. The molecule has 1 atom stereocenters. The fourth-order valence-electron chi connectivity index (χ4n) is 1.11. The SMILES string of the molecule is Bc1cncc(C(=O)NC(CO)C(=O)O)c1. The van der Waals surface area contributed by atoms with E-state index in [0.29, 0.717) is 0 Å². The normalized spacial score (nSPS) is 11.8. The van der Waals surface area contributed by atoms with Crippen molar-refractivity contribution < 1.29 is 19.8 Å². The number of rotatable bonds is 4. The van der Waals surface area contributed by atoms with Crippen LogP contribution in [0.3, 0.4) is 0 Å². The molecule has 6 nitrogen and oxygen atoms in total. The molecule has 1 heterocycles. The number of amides is 1. The number of carbonyl (C=O) groups is 2. The Morgan fingerprint density at radius 3 is 2.69 bits per heavy atom. The highest BCUT2D eigenvalue weighted by atomic mass is 16.4. The van der Waals surface area contributed by atoms with E-state index in [4.69, 9.17) is 10.2 Å². The van der Waals surface area contributed by atoms with Crippen LogP contribution in [-0.2, 0) is 4.79 Å². The summed E-state index contributed by atoms with van der Waals surface area (Å²) in [5, 5.41) is 19.6. The van der Waals surface area contributed by atoms with Crippen LogP contribution in [0.25, 0.3) is 0 Å². The first-order valence-electron chi connectivity index (χ1n) is 4.60. The van der Waals surface area contributed by atoms with Gasteiger partial charge < -0.3 is 15.5 Å². The molecule has 1 rings (SSSR count). The lowest BCUT2D eigenvalue weighted by Gasteiger charge is -2.11. The first-order chi connectivity index (χ1) is 7.54. The minimum absolute atomic E-state index is 0.264. The van der Waals surface area contributed by atoms with Gasteiger partial charge in [0.1, 0.15) is 7.85 Å². The molecule has 1 aromatic heterocycles. The highest BCUT2D eigenvalue weighted by molar-refractivity contribution is 6.32. The van der Waals surface area contributed by atoms with Crippen molar-refractivity contribution in [2.45, 2.75) is 6.04 Å². The van der Waals surface area contributed by atoms with Crippen LogP contribution in [0.1, 0.15) is 10.4 Å². The van der Waals surface area contributed by atoms with Gasteiger partial charge in [0, 0.05) is 12.4 Å². The van der Waals surface area contributed by atoms with E-state index in [9.17, 15) is 9.59 Å². The predicted octanol–water partition coefficient (Wildman–Crippen LogP) is -2.48. The first kappa shape index (κ1) is 12.2. The Labute approximate surface area is 92.7 Å². The van der Waals surface area contributed by atoms with Crippen LogP contribution in [0.2, 0.25) is 0 Å². The molecule has 0 bridgehead atoms. The number of aliphatic hydroxyl groups excluding tert-OH is 1. The van der Waals surface area contributed by atoms with E-state index in [-0.39, 0.29) is 5.56 Å². The molecule has 84 valence electrons. The van der Waals surface area contributed by atoms with E-state index in [2.05, 4.69) is 10.3 Å². The number of carboxylic acid groups (broad SMARTS) is 1. The van der Waals surface area contributed by atoms with Crippen LogP contribution >= 0.6 is 0 Å². The molecule has 0 saturated carbocycles. The highest BCUT2D eigenvalue weighted by Crippen LogP contribution is 1.95. The van der Waals surface area contributed by atoms with Crippen molar-refractivity contribution in [3.05, 3.63) is 24.0 Å². The molecule has 1 unspecified atom stereocenters. The van der Waals surface area contributed by atoms with Crippen molar-refractivity contribution >= 4 is 25.2 Å². The number of hydrogen-bond acceptors (Lipinski definition) is 4. The maximum absolute atomic E-state index is 11.5. The standard InChI is InChI=1S/C9H11BN2O4/c10-6-1-5(2-11-3-6)8(14)12-7(4-13)9(15)16/h1-3,7,13H,4,10H2,(H,12,14)(H,15,16). The van der Waals surface area contributed by atoms with Gasteiger partial charge >= 0.3 is 5.97 Å². The summed E-state index contributed by atoms with van der Waals surface area (Å²) in [7, 11) is 1.77. The largest absolute Gasteiger partial charge is 0.480 e. The highest BCUT2D eigenvalue weighted by Gasteiger charge is 2.19. The summed E-state index contributed by atoms with van der Waals surface area (Å²) in [6.45, 7) is -0.652. The third-order valence-electron chi connectivity index (χ3n) is 1.92. The van der Waals surface area contributed by atoms with Gasteiger partial charge in [-0.3, -0.25) is 9.78 Å². The van der Waals surface area contributed by atoms with Crippen LogP contribution in [0.15, 0.2) is 18.5 Å². The number of pyridine rings is 1. The number of nitrogens with zero attached hydrogens (tertiary/aromatic N) is 1. The second-order valence-corrected chi connectivity index (χ2v) is 3.30. The van der Waals surface area contributed by atoms with E-state index in [1.807, 2.05) is 0 Å². The molecule has 0 radical (unpaired) electrons. The van der Waals surface area contributed by atoms with Gasteiger partial charge in [0.15, 0.2) is 6.04 Å².